The third-order valence-corrected chi connectivity index (χ3v) is 3.11. The Labute approximate surface area is 109 Å². The first-order valence-electron chi connectivity index (χ1n) is 6.08. The molecule has 2 aromatic carbocycles. The first kappa shape index (κ1) is 12.4. The minimum absolute atomic E-state index is 0.168. The lowest BCUT2D eigenvalue weighted by molar-refractivity contribution is 0.409. The highest BCUT2D eigenvalue weighted by atomic mass is 16.5. The van der Waals surface area contributed by atoms with Gasteiger partial charge in [0.25, 0.3) is 0 Å². The molecule has 0 unspecified atom stereocenters. The number of hydrogen-bond donors (Lipinski definition) is 0. The maximum atomic E-state index is 5.46. The number of methoxy groups -OCH3 is 1. The van der Waals surface area contributed by atoms with Gasteiger partial charge in [-0.25, -0.2) is 0 Å². The molecule has 0 spiro atoms. The van der Waals surface area contributed by atoms with E-state index in [0.717, 1.165) is 5.75 Å². The van der Waals surface area contributed by atoms with E-state index < -0.39 is 0 Å². The van der Waals surface area contributed by atoms with Crippen molar-refractivity contribution in [3.63, 3.8) is 0 Å². The molecule has 0 aliphatic rings. The smallest absolute Gasteiger partial charge is 0.123 e. The summed E-state index contributed by atoms with van der Waals surface area (Å²) in [5, 5.41) is 0. The van der Waals surface area contributed by atoms with Gasteiger partial charge in [0.1, 0.15) is 5.75 Å². The molecule has 18 heavy (non-hydrogen) atoms. The second-order valence-corrected chi connectivity index (χ2v) is 4.37. The van der Waals surface area contributed by atoms with Crippen molar-refractivity contribution in [2.45, 2.75) is 12.8 Å². The molecule has 0 saturated heterocycles. The molecular formula is C17H18O. The molecule has 92 valence electrons. The number of aryl methyl sites for hydroxylation is 1. The molecular weight excluding hydrogens is 220 g/mol. The maximum absolute atomic E-state index is 5.46. The minimum atomic E-state index is 0.168. The lowest BCUT2D eigenvalue weighted by Gasteiger charge is -2.17. The van der Waals surface area contributed by atoms with Crippen LogP contribution in [-0.4, -0.2) is 7.11 Å². The highest BCUT2D eigenvalue weighted by Gasteiger charge is 2.14. The van der Waals surface area contributed by atoms with Gasteiger partial charge in [0.15, 0.2) is 0 Å². The van der Waals surface area contributed by atoms with Crippen LogP contribution in [0.15, 0.2) is 61.2 Å². The molecule has 0 N–H and O–H groups in total. The van der Waals surface area contributed by atoms with Gasteiger partial charge in [-0.15, -0.1) is 6.58 Å². The predicted octanol–water partition coefficient (Wildman–Crippen LogP) is 4.32. The first-order valence-corrected chi connectivity index (χ1v) is 6.08. The highest BCUT2D eigenvalue weighted by Crippen LogP contribution is 2.33. The number of hydrogen-bond acceptors (Lipinski definition) is 1. The Balaban J connectivity index is 2.51. The highest BCUT2D eigenvalue weighted by molar-refractivity contribution is 5.46. The van der Waals surface area contributed by atoms with Crippen LogP contribution >= 0.6 is 0 Å². The van der Waals surface area contributed by atoms with E-state index in [9.17, 15) is 0 Å². The van der Waals surface area contributed by atoms with Crippen molar-refractivity contribution >= 4 is 0 Å². The van der Waals surface area contributed by atoms with Gasteiger partial charge in [-0.2, -0.15) is 0 Å². The van der Waals surface area contributed by atoms with Crippen molar-refractivity contribution in [2.24, 2.45) is 0 Å². The summed E-state index contributed by atoms with van der Waals surface area (Å²) in [4.78, 5) is 0. The van der Waals surface area contributed by atoms with Crippen LogP contribution in [0.2, 0.25) is 0 Å². The van der Waals surface area contributed by atoms with E-state index in [4.69, 9.17) is 4.74 Å². The van der Waals surface area contributed by atoms with Crippen LogP contribution in [0.3, 0.4) is 0 Å². The summed E-state index contributed by atoms with van der Waals surface area (Å²) in [5.41, 5.74) is 3.63. The Bertz CT molecular complexity index is 529. The third-order valence-electron chi connectivity index (χ3n) is 3.11. The van der Waals surface area contributed by atoms with E-state index in [-0.39, 0.29) is 5.92 Å². The van der Waals surface area contributed by atoms with Crippen molar-refractivity contribution in [3.05, 3.63) is 77.9 Å². The van der Waals surface area contributed by atoms with Gasteiger partial charge in [-0.05, 0) is 18.6 Å². The van der Waals surface area contributed by atoms with E-state index in [1.807, 2.05) is 30.3 Å². The van der Waals surface area contributed by atoms with Crippen LogP contribution in [-0.2, 0) is 0 Å². The first-order chi connectivity index (χ1) is 8.76. The third kappa shape index (κ3) is 2.45. The van der Waals surface area contributed by atoms with Crippen molar-refractivity contribution < 1.29 is 4.74 Å². The van der Waals surface area contributed by atoms with Crippen LogP contribution in [0.25, 0.3) is 0 Å². The Hall–Kier alpha value is -2.02. The van der Waals surface area contributed by atoms with Crippen LogP contribution < -0.4 is 4.74 Å². The van der Waals surface area contributed by atoms with Gasteiger partial charge in [0, 0.05) is 11.5 Å². The van der Waals surface area contributed by atoms with Crippen molar-refractivity contribution in [1.29, 1.82) is 0 Å². The van der Waals surface area contributed by atoms with E-state index in [1.54, 1.807) is 7.11 Å². The van der Waals surface area contributed by atoms with Crippen LogP contribution in [0.1, 0.15) is 22.6 Å². The number of allylic oxidation sites excluding steroid dienone is 1. The van der Waals surface area contributed by atoms with Gasteiger partial charge in [-0.3, -0.25) is 0 Å². The second kappa shape index (κ2) is 5.54. The van der Waals surface area contributed by atoms with Crippen molar-refractivity contribution in [1.82, 2.24) is 0 Å². The lowest BCUT2D eigenvalue weighted by Crippen LogP contribution is -2.01. The quantitative estimate of drug-likeness (QED) is 0.721. The maximum Gasteiger partial charge on any atom is 0.123 e. The fraction of sp³-hybridized carbons (Fsp3) is 0.176. The standard InChI is InChI=1S/C17H18O/c1-4-15(14-8-6-5-7-9-14)16-12-13(2)10-11-17(16)18-3/h4-12,15H,1H2,2-3H3/t15-/m1/s1. The fourth-order valence-electron chi connectivity index (χ4n) is 2.20. The molecule has 1 heteroatoms. The lowest BCUT2D eigenvalue weighted by atomic mass is 9.90. The summed E-state index contributed by atoms with van der Waals surface area (Å²) < 4.78 is 5.46. The molecule has 0 aliphatic heterocycles. The Morgan fingerprint density at radius 3 is 2.44 bits per heavy atom. The minimum Gasteiger partial charge on any atom is -0.496 e. The SMILES string of the molecule is C=C[C@H](c1ccccc1)c1cc(C)ccc1OC. The molecule has 0 heterocycles. The summed E-state index contributed by atoms with van der Waals surface area (Å²) >= 11 is 0. The molecule has 0 fully saturated rings. The molecule has 0 saturated carbocycles. The number of ether oxygens (including phenoxy) is 1. The average molecular weight is 238 g/mol. The molecule has 0 aliphatic carbocycles. The zero-order valence-corrected chi connectivity index (χ0v) is 10.9. The molecule has 2 rings (SSSR count). The van der Waals surface area contributed by atoms with E-state index >= 15 is 0 Å². The van der Waals surface area contributed by atoms with Crippen LogP contribution in [0, 0.1) is 6.92 Å². The van der Waals surface area contributed by atoms with E-state index in [1.165, 1.54) is 16.7 Å². The summed E-state index contributed by atoms with van der Waals surface area (Å²) in [6, 6.07) is 16.6. The fourth-order valence-corrected chi connectivity index (χ4v) is 2.20. The molecule has 2 aromatic rings. The Morgan fingerprint density at radius 2 is 1.83 bits per heavy atom. The van der Waals surface area contributed by atoms with Crippen LogP contribution in [0.4, 0.5) is 0 Å². The summed E-state index contributed by atoms with van der Waals surface area (Å²) in [6.45, 7) is 6.05. The van der Waals surface area contributed by atoms with E-state index in [0.29, 0.717) is 0 Å². The normalized spacial score (nSPS) is 11.9. The zero-order valence-electron chi connectivity index (χ0n) is 10.9. The Morgan fingerprint density at radius 1 is 1.11 bits per heavy atom. The van der Waals surface area contributed by atoms with Gasteiger partial charge >= 0.3 is 0 Å². The predicted molar refractivity (Wildman–Crippen MR) is 76.2 cm³/mol. The average Bonchev–Trinajstić information content (AvgIpc) is 2.41. The number of rotatable bonds is 4. The number of benzene rings is 2. The van der Waals surface area contributed by atoms with E-state index in [2.05, 4.69) is 37.8 Å². The summed E-state index contributed by atoms with van der Waals surface area (Å²) in [7, 11) is 1.71. The molecule has 0 bridgehead atoms. The zero-order chi connectivity index (χ0) is 13.0. The molecule has 1 atom stereocenters. The molecule has 0 amide bonds. The topological polar surface area (TPSA) is 9.23 Å². The van der Waals surface area contributed by atoms with Crippen molar-refractivity contribution in [2.75, 3.05) is 7.11 Å². The van der Waals surface area contributed by atoms with Gasteiger partial charge in [0.2, 0.25) is 0 Å². The van der Waals surface area contributed by atoms with Gasteiger partial charge in [-0.1, -0.05) is 54.1 Å². The van der Waals surface area contributed by atoms with Crippen LogP contribution in [0.5, 0.6) is 5.75 Å². The summed E-state index contributed by atoms with van der Waals surface area (Å²) in [5.74, 6) is 1.08. The van der Waals surface area contributed by atoms with Crippen molar-refractivity contribution in [3.8, 4) is 5.75 Å². The molecule has 0 aromatic heterocycles. The largest absolute Gasteiger partial charge is 0.496 e. The van der Waals surface area contributed by atoms with Gasteiger partial charge < -0.3 is 4.74 Å². The van der Waals surface area contributed by atoms with Gasteiger partial charge in [0.05, 0.1) is 7.11 Å². The summed E-state index contributed by atoms with van der Waals surface area (Å²) in [6.07, 6.45) is 1.96. The molecule has 1 nitrogen and oxygen atoms in total. The second-order valence-electron chi connectivity index (χ2n) is 4.37. The monoisotopic (exact) mass is 238 g/mol. The Kier molecular flexibility index (Phi) is 3.83. The molecule has 0 radical (unpaired) electrons.